The Hall–Kier alpha value is -4.34. The summed E-state index contributed by atoms with van der Waals surface area (Å²) in [6, 6.07) is 10.7. The fraction of sp³-hybridized carbons (Fsp3) is 0.0833. The van der Waals surface area contributed by atoms with Crippen molar-refractivity contribution in [2.45, 2.75) is 13.1 Å². The number of benzene rings is 1. The van der Waals surface area contributed by atoms with Crippen LogP contribution in [0.3, 0.4) is 0 Å². The zero-order chi connectivity index (χ0) is 24.7. The molecule has 1 amide bonds. The van der Waals surface area contributed by atoms with Gasteiger partial charge in [-0.2, -0.15) is 13.2 Å². The molecule has 0 spiro atoms. The van der Waals surface area contributed by atoms with E-state index in [0.717, 1.165) is 24.5 Å². The molecule has 2 aromatic heterocycles. The summed E-state index contributed by atoms with van der Waals surface area (Å²) in [5, 5.41) is 12.7. The van der Waals surface area contributed by atoms with Gasteiger partial charge in [-0.3, -0.25) is 9.78 Å². The Morgan fingerprint density at radius 1 is 1.03 bits per heavy atom. The highest BCUT2D eigenvalue weighted by Gasteiger charge is 2.30. The molecule has 0 aliphatic heterocycles. The highest BCUT2D eigenvalue weighted by molar-refractivity contribution is 6.09. The second kappa shape index (κ2) is 10.5. The molecule has 10 heteroatoms. The minimum Gasteiger partial charge on any atom is -0.344 e. The van der Waals surface area contributed by atoms with Crippen LogP contribution in [-0.4, -0.2) is 22.1 Å². The van der Waals surface area contributed by atoms with Gasteiger partial charge in [0.1, 0.15) is 5.82 Å². The molecule has 3 N–H and O–H groups in total. The molecule has 0 saturated heterocycles. The number of rotatable bonds is 7. The molecule has 174 valence electrons. The quantitative estimate of drug-likeness (QED) is 0.176. The van der Waals surface area contributed by atoms with Crippen molar-refractivity contribution >= 4 is 23.6 Å². The Labute approximate surface area is 192 Å². The number of carbonyl (C=O) groups is 1. The second-order valence-electron chi connectivity index (χ2n) is 7.03. The Kier molecular flexibility index (Phi) is 7.52. The van der Waals surface area contributed by atoms with Gasteiger partial charge < -0.3 is 16.0 Å². The van der Waals surface area contributed by atoms with Crippen molar-refractivity contribution in [3.63, 3.8) is 0 Å². The first-order chi connectivity index (χ1) is 16.2. The molecular weight excluding hydrogens is 450 g/mol. The monoisotopic (exact) mass is 469 g/mol. The summed E-state index contributed by atoms with van der Waals surface area (Å²) < 4.78 is 52.6. The number of aromatic nitrogens is 2. The zero-order valence-electron chi connectivity index (χ0n) is 17.8. The maximum Gasteiger partial charge on any atom is 0.417 e. The molecule has 3 aromatic rings. The van der Waals surface area contributed by atoms with Crippen LogP contribution in [0.25, 0.3) is 11.1 Å². The molecule has 34 heavy (non-hydrogen) atoms. The molecule has 0 saturated carbocycles. The Balaban J connectivity index is 1.82. The summed E-state index contributed by atoms with van der Waals surface area (Å²) in [5.41, 5.74) is 0.353. The van der Waals surface area contributed by atoms with Gasteiger partial charge in [0.25, 0.3) is 5.91 Å². The van der Waals surface area contributed by atoms with E-state index in [2.05, 4.69) is 20.6 Å². The van der Waals surface area contributed by atoms with Crippen LogP contribution in [-0.2, 0) is 11.0 Å². The fourth-order valence-corrected chi connectivity index (χ4v) is 3.01. The molecule has 0 bridgehead atoms. The number of pyridine rings is 2. The molecule has 6 nitrogen and oxygen atoms in total. The second-order valence-corrected chi connectivity index (χ2v) is 7.03. The van der Waals surface area contributed by atoms with Gasteiger partial charge in [-0.25, -0.2) is 9.37 Å². The van der Waals surface area contributed by atoms with Crippen molar-refractivity contribution in [3.05, 3.63) is 95.9 Å². The number of hydrogen-bond donors (Lipinski definition) is 3. The van der Waals surface area contributed by atoms with Crippen LogP contribution in [0.1, 0.15) is 12.5 Å². The van der Waals surface area contributed by atoms with Crippen LogP contribution < -0.4 is 10.6 Å². The van der Waals surface area contributed by atoms with E-state index < -0.39 is 23.5 Å². The van der Waals surface area contributed by atoms with Gasteiger partial charge in [-0.05, 0) is 36.8 Å². The van der Waals surface area contributed by atoms with Crippen LogP contribution >= 0.6 is 0 Å². The highest BCUT2D eigenvalue weighted by Crippen LogP contribution is 2.31. The maximum absolute atomic E-state index is 14.5. The summed E-state index contributed by atoms with van der Waals surface area (Å²) in [6.07, 6.45) is 2.04. The maximum atomic E-state index is 14.5. The lowest BCUT2D eigenvalue weighted by molar-refractivity contribution is -0.137. The zero-order valence-corrected chi connectivity index (χ0v) is 17.8. The number of allylic oxidation sites excluding steroid dienone is 2. The third kappa shape index (κ3) is 6.12. The van der Waals surface area contributed by atoms with E-state index in [9.17, 15) is 22.4 Å². The molecule has 0 atom stereocenters. The number of halogens is 4. The van der Waals surface area contributed by atoms with Gasteiger partial charge in [0.2, 0.25) is 0 Å². The third-order valence-corrected chi connectivity index (χ3v) is 4.52. The number of alkyl halides is 3. The summed E-state index contributed by atoms with van der Waals surface area (Å²) >= 11 is 0. The van der Waals surface area contributed by atoms with Crippen LogP contribution in [0.4, 0.5) is 29.1 Å². The largest absolute Gasteiger partial charge is 0.417 e. The molecule has 0 unspecified atom stereocenters. The average Bonchev–Trinajstić information content (AvgIpc) is 2.79. The van der Waals surface area contributed by atoms with Crippen LogP contribution in [0.15, 0.2) is 84.5 Å². The molecule has 2 heterocycles. The molecule has 0 aliphatic rings. The normalized spacial score (nSPS) is 12.3. The highest BCUT2D eigenvalue weighted by atomic mass is 19.4. The lowest BCUT2D eigenvalue weighted by Crippen LogP contribution is -2.16. The van der Waals surface area contributed by atoms with E-state index in [4.69, 9.17) is 5.41 Å². The van der Waals surface area contributed by atoms with E-state index in [0.29, 0.717) is 17.5 Å². The van der Waals surface area contributed by atoms with Crippen molar-refractivity contribution in [3.8, 4) is 11.1 Å². The topological polar surface area (TPSA) is 90.8 Å². The van der Waals surface area contributed by atoms with Gasteiger partial charge in [0.15, 0.2) is 5.82 Å². The molecular formula is C24H19F4N5O. The summed E-state index contributed by atoms with van der Waals surface area (Å²) in [7, 11) is 0. The molecule has 0 fully saturated rings. The predicted molar refractivity (Wildman–Crippen MR) is 122 cm³/mol. The van der Waals surface area contributed by atoms with E-state index in [-0.39, 0.29) is 22.6 Å². The number of anilines is 2. The fourth-order valence-electron chi connectivity index (χ4n) is 3.01. The lowest BCUT2D eigenvalue weighted by Gasteiger charge is -2.13. The van der Waals surface area contributed by atoms with Gasteiger partial charge in [0.05, 0.1) is 23.6 Å². The van der Waals surface area contributed by atoms with Gasteiger partial charge >= 0.3 is 6.18 Å². The van der Waals surface area contributed by atoms with E-state index in [1.165, 1.54) is 18.3 Å². The standard InChI is InChI=1S/C24H19F4N5O/c1-15(32-21-8-7-18(12-31-21)24(26,27)28)11-17(9-10-29)23(34)33-20-14-30-13-19(25)22(20)16-5-3-2-4-6-16/h2-14,29H,1H3,(H,31,32)(H,33,34)/b15-11+,17-9+,29-10?. The van der Waals surface area contributed by atoms with Gasteiger partial charge in [-0.1, -0.05) is 30.3 Å². The van der Waals surface area contributed by atoms with E-state index in [1.807, 2.05) is 0 Å². The summed E-state index contributed by atoms with van der Waals surface area (Å²) in [4.78, 5) is 20.4. The van der Waals surface area contributed by atoms with Crippen molar-refractivity contribution in [2.24, 2.45) is 0 Å². The predicted octanol–water partition coefficient (Wildman–Crippen LogP) is 5.83. The number of nitrogens with zero attached hydrogens (tertiary/aromatic N) is 2. The van der Waals surface area contributed by atoms with E-state index in [1.54, 1.807) is 37.3 Å². The van der Waals surface area contributed by atoms with Gasteiger partial charge in [0, 0.05) is 29.2 Å². The van der Waals surface area contributed by atoms with Crippen LogP contribution in [0, 0.1) is 11.2 Å². The minimum atomic E-state index is -4.50. The number of nitrogens with one attached hydrogen (secondary N) is 3. The first kappa shape index (κ1) is 24.3. The SMILES string of the molecule is C/C(=C\C(=C/C=N)C(=O)Nc1cncc(F)c1-c1ccccc1)Nc1ccc(C(F)(F)F)cn1. The van der Waals surface area contributed by atoms with Crippen molar-refractivity contribution in [1.29, 1.82) is 5.41 Å². The third-order valence-electron chi connectivity index (χ3n) is 4.52. The Morgan fingerprint density at radius 2 is 1.76 bits per heavy atom. The number of carbonyl (C=O) groups excluding carboxylic acids is 1. The number of amides is 1. The van der Waals surface area contributed by atoms with Crippen molar-refractivity contribution in [1.82, 2.24) is 9.97 Å². The van der Waals surface area contributed by atoms with Gasteiger partial charge in [-0.15, -0.1) is 0 Å². The first-order valence-corrected chi connectivity index (χ1v) is 9.88. The lowest BCUT2D eigenvalue weighted by atomic mass is 10.0. The number of hydrogen-bond acceptors (Lipinski definition) is 5. The molecule has 3 rings (SSSR count). The van der Waals surface area contributed by atoms with Crippen LogP contribution in [0.5, 0.6) is 0 Å². The Morgan fingerprint density at radius 3 is 2.38 bits per heavy atom. The van der Waals surface area contributed by atoms with Crippen molar-refractivity contribution in [2.75, 3.05) is 10.6 Å². The van der Waals surface area contributed by atoms with Crippen molar-refractivity contribution < 1.29 is 22.4 Å². The first-order valence-electron chi connectivity index (χ1n) is 9.88. The van der Waals surface area contributed by atoms with Crippen LogP contribution in [0.2, 0.25) is 0 Å². The average molecular weight is 469 g/mol. The summed E-state index contributed by atoms with van der Waals surface area (Å²) in [6.45, 7) is 1.57. The Bertz CT molecular complexity index is 1240. The smallest absolute Gasteiger partial charge is 0.344 e. The summed E-state index contributed by atoms with van der Waals surface area (Å²) in [5.74, 6) is -1.13. The molecule has 0 radical (unpaired) electrons. The minimum absolute atomic E-state index is 0.0372. The molecule has 1 aromatic carbocycles. The molecule has 0 aliphatic carbocycles. The van der Waals surface area contributed by atoms with E-state index >= 15 is 0 Å².